The normalized spacial score (nSPS) is 14.1. The van der Waals surface area contributed by atoms with Crippen molar-refractivity contribution in [2.24, 2.45) is 5.92 Å². The number of anilines is 1. The molecular weight excluding hydrogens is 230 g/mol. The number of esters is 1. The van der Waals surface area contributed by atoms with Crippen LogP contribution in [0.3, 0.4) is 0 Å². The summed E-state index contributed by atoms with van der Waals surface area (Å²) in [4.78, 5) is 25.2. The zero-order valence-corrected chi connectivity index (χ0v) is 10.7. The van der Waals surface area contributed by atoms with E-state index in [4.69, 9.17) is 4.74 Å². The lowest BCUT2D eigenvalue weighted by Crippen LogP contribution is -2.28. The van der Waals surface area contributed by atoms with Crippen molar-refractivity contribution in [1.82, 2.24) is 0 Å². The lowest BCUT2D eigenvalue weighted by molar-refractivity contribution is -0.118. The Balaban J connectivity index is 2.20. The molecule has 1 aliphatic carbocycles. The molecule has 1 aliphatic rings. The number of nitrogens with zero attached hydrogens (tertiary/aromatic N) is 1. The maximum atomic E-state index is 12.0. The largest absolute Gasteiger partial charge is 0.465 e. The molecule has 0 heterocycles. The van der Waals surface area contributed by atoms with Crippen LogP contribution in [-0.2, 0) is 9.53 Å². The first-order valence-electron chi connectivity index (χ1n) is 6.07. The molecule has 0 atom stereocenters. The highest BCUT2D eigenvalue weighted by atomic mass is 16.5. The molecule has 0 unspecified atom stereocenters. The first-order chi connectivity index (χ1) is 8.63. The van der Waals surface area contributed by atoms with Gasteiger partial charge in [-0.05, 0) is 30.9 Å². The number of methoxy groups -OCH3 is 1. The summed E-state index contributed by atoms with van der Waals surface area (Å²) in [6, 6.07) is 7.00. The van der Waals surface area contributed by atoms with Crippen LogP contribution in [0, 0.1) is 5.92 Å². The standard InChI is InChI=1S/C14H17NO3/c1-15(13(16)9-10-7-8-10)12-6-4-3-5-11(12)14(17)18-2/h3-6,10H,7-9H2,1-2H3. The highest BCUT2D eigenvalue weighted by Gasteiger charge is 2.27. The van der Waals surface area contributed by atoms with E-state index >= 15 is 0 Å². The summed E-state index contributed by atoms with van der Waals surface area (Å²) in [5, 5.41) is 0. The van der Waals surface area contributed by atoms with E-state index in [1.54, 1.807) is 30.1 Å². The van der Waals surface area contributed by atoms with Gasteiger partial charge in [0.2, 0.25) is 5.91 Å². The molecular formula is C14H17NO3. The van der Waals surface area contributed by atoms with Crippen molar-refractivity contribution in [1.29, 1.82) is 0 Å². The smallest absolute Gasteiger partial charge is 0.339 e. The molecule has 0 bridgehead atoms. The number of carbonyl (C=O) groups is 2. The molecule has 4 nitrogen and oxygen atoms in total. The number of hydrogen-bond acceptors (Lipinski definition) is 3. The van der Waals surface area contributed by atoms with Crippen molar-refractivity contribution >= 4 is 17.6 Å². The second-order valence-electron chi connectivity index (χ2n) is 4.61. The zero-order valence-electron chi connectivity index (χ0n) is 10.7. The topological polar surface area (TPSA) is 46.6 Å². The van der Waals surface area contributed by atoms with E-state index in [1.165, 1.54) is 7.11 Å². The van der Waals surface area contributed by atoms with Crippen LogP contribution >= 0.6 is 0 Å². The Kier molecular flexibility index (Phi) is 3.65. The first-order valence-corrected chi connectivity index (χ1v) is 6.07. The Morgan fingerprint density at radius 1 is 1.33 bits per heavy atom. The Bertz CT molecular complexity index is 466. The van der Waals surface area contributed by atoms with Crippen LogP contribution in [0.1, 0.15) is 29.6 Å². The number of hydrogen-bond donors (Lipinski definition) is 0. The predicted octanol–water partition coefficient (Wildman–Crippen LogP) is 2.24. The van der Waals surface area contributed by atoms with E-state index in [9.17, 15) is 9.59 Å². The fourth-order valence-electron chi connectivity index (χ4n) is 1.89. The van der Waals surface area contributed by atoms with Gasteiger partial charge in [-0.25, -0.2) is 4.79 Å². The zero-order chi connectivity index (χ0) is 13.1. The van der Waals surface area contributed by atoms with Crippen LogP contribution in [0.5, 0.6) is 0 Å². The van der Waals surface area contributed by atoms with Gasteiger partial charge in [-0.1, -0.05) is 12.1 Å². The van der Waals surface area contributed by atoms with Crippen LogP contribution in [0.15, 0.2) is 24.3 Å². The molecule has 0 saturated heterocycles. The highest BCUT2D eigenvalue weighted by Crippen LogP contribution is 2.33. The van der Waals surface area contributed by atoms with Crippen molar-refractivity contribution in [3.63, 3.8) is 0 Å². The van der Waals surface area contributed by atoms with E-state index in [2.05, 4.69) is 0 Å². The van der Waals surface area contributed by atoms with Gasteiger partial charge in [-0.2, -0.15) is 0 Å². The number of para-hydroxylation sites is 1. The minimum Gasteiger partial charge on any atom is -0.465 e. The quantitative estimate of drug-likeness (QED) is 0.766. The highest BCUT2D eigenvalue weighted by molar-refractivity contribution is 6.02. The molecule has 1 amide bonds. The molecule has 0 aromatic heterocycles. The fourth-order valence-corrected chi connectivity index (χ4v) is 1.89. The lowest BCUT2D eigenvalue weighted by Gasteiger charge is -2.19. The third-order valence-corrected chi connectivity index (χ3v) is 3.21. The second-order valence-corrected chi connectivity index (χ2v) is 4.61. The van der Waals surface area contributed by atoms with Gasteiger partial charge in [-0.3, -0.25) is 4.79 Å². The molecule has 18 heavy (non-hydrogen) atoms. The van der Waals surface area contributed by atoms with E-state index in [-0.39, 0.29) is 5.91 Å². The van der Waals surface area contributed by atoms with Gasteiger partial charge in [0.05, 0.1) is 18.4 Å². The maximum absolute atomic E-state index is 12.0. The van der Waals surface area contributed by atoms with E-state index < -0.39 is 5.97 Å². The summed E-state index contributed by atoms with van der Waals surface area (Å²) in [5.74, 6) is 0.163. The van der Waals surface area contributed by atoms with Gasteiger partial charge >= 0.3 is 5.97 Å². The molecule has 4 heteroatoms. The van der Waals surface area contributed by atoms with Crippen LogP contribution in [-0.4, -0.2) is 26.0 Å². The van der Waals surface area contributed by atoms with Crippen molar-refractivity contribution in [3.8, 4) is 0 Å². The fraction of sp³-hybridized carbons (Fsp3) is 0.429. The van der Waals surface area contributed by atoms with Crippen molar-refractivity contribution < 1.29 is 14.3 Å². The van der Waals surface area contributed by atoms with Crippen molar-refractivity contribution in [2.45, 2.75) is 19.3 Å². The number of ether oxygens (including phenoxy) is 1. The summed E-state index contributed by atoms with van der Waals surface area (Å²) >= 11 is 0. The molecule has 0 N–H and O–H groups in total. The van der Waals surface area contributed by atoms with Gasteiger partial charge in [0.15, 0.2) is 0 Å². The Labute approximate surface area is 107 Å². The predicted molar refractivity (Wildman–Crippen MR) is 68.5 cm³/mol. The molecule has 1 aromatic rings. The Morgan fingerprint density at radius 2 is 2.00 bits per heavy atom. The summed E-state index contributed by atoms with van der Waals surface area (Å²) in [5.41, 5.74) is 1.03. The molecule has 96 valence electrons. The van der Waals surface area contributed by atoms with Crippen LogP contribution in [0.2, 0.25) is 0 Å². The van der Waals surface area contributed by atoms with Gasteiger partial charge in [0.25, 0.3) is 0 Å². The van der Waals surface area contributed by atoms with Crippen LogP contribution < -0.4 is 4.90 Å². The molecule has 1 aromatic carbocycles. The molecule has 0 spiro atoms. The summed E-state index contributed by atoms with van der Waals surface area (Å²) in [6.45, 7) is 0. The average molecular weight is 247 g/mol. The summed E-state index contributed by atoms with van der Waals surface area (Å²) in [7, 11) is 3.04. The van der Waals surface area contributed by atoms with Crippen LogP contribution in [0.4, 0.5) is 5.69 Å². The van der Waals surface area contributed by atoms with Gasteiger partial charge in [0.1, 0.15) is 0 Å². The molecule has 0 aliphatic heterocycles. The minimum absolute atomic E-state index is 0.0499. The maximum Gasteiger partial charge on any atom is 0.339 e. The Morgan fingerprint density at radius 3 is 2.61 bits per heavy atom. The third-order valence-electron chi connectivity index (χ3n) is 3.21. The number of rotatable bonds is 4. The lowest BCUT2D eigenvalue weighted by atomic mass is 10.1. The van der Waals surface area contributed by atoms with Gasteiger partial charge in [-0.15, -0.1) is 0 Å². The third kappa shape index (κ3) is 2.70. The summed E-state index contributed by atoms with van der Waals surface area (Å²) < 4.78 is 4.72. The van der Waals surface area contributed by atoms with Gasteiger partial charge in [0, 0.05) is 13.5 Å². The first kappa shape index (κ1) is 12.6. The molecule has 1 saturated carbocycles. The molecule has 0 radical (unpaired) electrons. The molecule has 1 fully saturated rings. The molecule has 2 rings (SSSR count). The van der Waals surface area contributed by atoms with E-state index in [1.807, 2.05) is 6.07 Å². The number of amides is 1. The van der Waals surface area contributed by atoms with Gasteiger partial charge < -0.3 is 9.64 Å². The monoisotopic (exact) mass is 247 g/mol. The van der Waals surface area contributed by atoms with Crippen molar-refractivity contribution in [2.75, 3.05) is 19.1 Å². The van der Waals surface area contributed by atoms with Crippen molar-refractivity contribution in [3.05, 3.63) is 29.8 Å². The number of carbonyl (C=O) groups excluding carboxylic acids is 2. The number of benzene rings is 1. The van der Waals surface area contributed by atoms with E-state index in [0.717, 1.165) is 12.8 Å². The van der Waals surface area contributed by atoms with E-state index in [0.29, 0.717) is 23.6 Å². The van der Waals surface area contributed by atoms with Crippen LogP contribution in [0.25, 0.3) is 0 Å². The second kappa shape index (κ2) is 5.21. The minimum atomic E-state index is -0.420. The summed E-state index contributed by atoms with van der Waals surface area (Å²) in [6.07, 6.45) is 2.84. The SMILES string of the molecule is COC(=O)c1ccccc1N(C)C(=O)CC1CC1. The average Bonchev–Trinajstić information content (AvgIpc) is 3.20. The Hall–Kier alpha value is -1.84.